The molecule has 9 nitrogen and oxygen atoms in total. The fraction of sp³-hybridized carbons (Fsp3) is 0.0426. The Morgan fingerprint density at radius 1 is 0.569 bits per heavy atom. The summed E-state index contributed by atoms with van der Waals surface area (Å²) >= 11 is -2.86. The van der Waals surface area contributed by atoms with Crippen LogP contribution in [0.25, 0.3) is 54.9 Å². The van der Waals surface area contributed by atoms with Gasteiger partial charge < -0.3 is 16.5 Å². The van der Waals surface area contributed by atoms with E-state index in [0.29, 0.717) is 17.2 Å². The molecule has 287 valence electrons. The minimum absolute atomic E-state index is 0. The summed E-state index contributed by atoms with van der Waals surface area (Å²) in [4.78, 5) is 28.2. The van der Waals surface area contributed by atoms with Gasteiger partial charge in [-0.25, -0.2) is 0 Å². The van der Waals surface area contributed by atoms with Gasteiger partial charge in [-0.15, -0.1) is 35.9 Å². The number of nitrogens with zero attached hydrogens (tertiary/aromatic N) is 4. The maximum Gasteiger partial charge on any atom is 1.20 e. The van der Waals surface area contributed by atoms with Gasteiger partial charge in [0.15, 0.2) is 5.78 Å². The van der Waals surface area contributed by atoms with Crippen molar-refractivity contribution >= 4 is 64.5 Å². The number of pyridine rings is 4. The first-order chi connectivity index (χ1) is 27.9. The molecule has 1 N–H and O–H groups in total. The van der Waals surface area contributed by atoms with E-state index in [4.69, 9.17) is 16.5 Å². The van der Waals surface area contributed by atoms with Crippen molar-refractivity contribution in [2.75, 3.05) is 0 Å². The van der Waals surface area contributed by atoms with Gasteiger partial charge in [0.1, 0.15) is 33.8 Å². The normalized spacial score (nSPS) is 10.7. The molecular formula is C47H36AlIrN4O5-. The third-order valence-corrected chi connectivity index (χ3v) is 9.79. The number of hydrogen-bond donors (Lipinski definition) is 1. The van der Waals surface area contributed by atoms with E-state index in [-0.39, 0.29) is 31.6 Å². The summed E-state index contributed by atoms with van der Waals surface area (Å²) in [6.07, 6.45) is 6.41. The largest absolute Gasteiger partial charge is 1.20 e. The Morgan fingerprint density at radius 2 is 1.03 bits per heavy atom. The minimum atomic E-state index is -2.86. The van der Waals surface area contributed by atoms with E-state index in [1.165, 1.54) is 25.3 Å². The number of aliphatic hydroxyl groups is 1. The zero-order valence-electron chi connectivity index (χ0n) is 31.5. The van der Waals surface area contributed by atoms with Crippen LogP contribution in [0.1, 0.15) is 13.8 Å². The summed E-state index contributed by atoms with van der Waals surface area (Å²) in [5, 5.41) is 12.5. The second-order valence-electron chi connectivity index (χ2n) is 12.7. The number of aromatic nitrogens is 4. The van der Waals surface area contributed by atoms with Crippen LogP contribution in [0.5, 0.6) is 17.2 Å². The monoisotopic (exact) mass is 956 g/mol. The van der Waals surface area contributed by atoms with Crippen LogP contribution in [0.3, 0.4) is 0 Å². The van der Waals surface area contributed by atoms with Crippen molar-refractivity contribution in [2.24, 2.45) is 0 Å². The second kappa shape index (κ2) is 20.1. The number of carbonyl (C=O) groups is 1. The van der Waals surface area contributed by atoms with Crippen molar-refractivity contribution in [3.63, 3.8) is 0 Å². The first kappa shape index (κ1) is 41.2. The summed E-state index contributed by atoms with van der Waals surface area (Å²) < 4.78 is 19.2. The van der Waals surface area contributed by atoms with E-state index in [1.807, 2.05) is 140 Å². The molecule has 1 radical (unpaired) electrons. The third kappa shape index (κ3) is 10.7. The molecule has 4 heterocycles. The predicted molar refractivity (Wildman–Crippen MR) is 226 cm³/mol. The Balaban J connectivity index is 0.000000195. The van der Waals surface area contributed by atoms with Gasteiger partial charge in [0.2, 0.25) is 0 Å². The zero-order chi connectivity index (χ0) is 39.4. The molecule has 58 heavy (non-hydrogen) atoms. The molecule has 5 aromatic carbocycles. The first-order valence-corrected chi connectivity index (χ1v) is 19.5. The van der Waals surface area contributed by atoms with Crippen molar-refractivity contribution in [2.45, 2.75) is 13.8 Å². The molecule has 4 aromatic heterocycles. The predicted octanol–water partition coefficient (Wildman–Crippen LogP) is 10.6. The number of rotatable bonds is 8. The second-order valence-corrected chi connectivity index (χ2v) is 14.0. The number of carbonyl (C=O) groups excluding carboxylic acids is 1. The summed E-state index contributed by atoms with van der Waals surface area (Å²) in [5.74, 6) is 1.76. The Kier molecular flexibility index (Phi) is 14.3. The van der Waals surface area contributed by atoms with Gasteiger partial charge in [-0.1, -0.05) is 84.9 Å². The summed E-state index contributed by atoms with van der Waals surface area (Å²) in [6.45, 7) is 2.85. The maximum absolute atomic E-state index is 10.0. The number of allylic oxidation sites excluding steroid dienone is 2. The quantitative estimate of drug-likeness (QED) is 0.0688. The fourth-order valence-electron chi connectivity index (χ4n) is 5.96. The van der Waals surface area contributed by atoms with E-state index >= 15 is 0 Å². The Labute approximate surface area is 354 Å². The van der Waals surface area contributed by atoms with E-state index in [9.17, 15) is 4.79 Å². The molecule has 0 saturated carbocycles. The Morgan fingerprint density at radius 3 is 1.48 bits per heavy atom. The molecule has 0 saturated heterocycles. The molecule has 0 spiro atoms. The van der Waals surface area contributed by atoms with Gasteiger partial charge in [-0.3, -0.25) is 24.7 Å². The van der Waals surface area contributed by atoms with Crippen molar-refractivity contribution in [1.29, 1.82) is 0 Å². The minimum Gasteiger partial charge on any atom is -0.576 e. The van der Waals surface area contributed by atoms with Crippen LogP contribution in [-0.4, -0.2) is 46.0 Å². The molecule has 0 aliphatic carbocycles. The van der Waals surface area contributed by atoms with Gasteiger partial charge in [0.05, 0.1) is 11.3 Å². The number of aliphatic hydroxyl groups excluding tert-OH is 1. The summed E-state index contributed by atoms with van der Waals surface area (Å²) in [6, 6.07) is 52.5. The molecule has 0 aliphatic heterocycles. The van der Waals surface area contributed by atoms with Crippen molar-refractivity contribution in [3.05, 3.63) is 188 Å². The molecule has 0 amide bonds. The average Bonchev–Trinajstić information content (AvgIpc) is 3.24. The van der Waals surface area contributed by atoms with Crippen LogP contribution < -0.4 is 11.4 Å². The molecular weight excluding hydrogens is 920 g/mol. The molecule has 0 bridgehead atoms. The fourth-order valence-corrected chi connectivity index (χ4v) is 7.30. The van der Waals surface area contributed by atoms with Gasteiger partial charge in [0.25, 0.3) is 0 Å². The SMILES string of the molecule is CC(=O)C=C(C)O.[Ir].[c-]1ccccc1-c1ccc2ccccc2n1.c1cnc2c([O][Al]([O]c3cccc4cccnc34)[O]c3cccc4cccnc34)cccc2c1. The van der Waals surface area contributed by atoms with Gasteiger partial charge in [-0.05, 0) is 67.4 Å². The number of ketones is 1. The molecule has 9 rings (SSSR count). The Hall–Kier alpha value is -6.47. The van der Waals surface area contributed by atoms with Crippen LogP contribution in [0, 0.1) is 6.07 Å². The van der Waals surface area contributed by atoms with Gasteiger partial charge in [-0.2, -0.15) is 0 Å². The van der Waals surface area contributed by atoms with Crippen molar-refractivity contribution in [1.82, 2.24) is 19.9 Å². The van der Waals surface area contributed by atoms with Crippen molar-refractivity contribution in [3.8, 4) is 28.5 Å². The van der Waals surface area contributed by atoms with Crippen LogP contribution in [0.4, 0.5) is 0 Å². The standard InChI is InChI=1S/C15H10N.3C9H7NO.C5H8O2.Al.Ir/c1-2-6-12(7-3-1)15-11-10-13-8-4-5-9-14(13)16-15;3*11-8-5-1-3-7-4-2-6-10-9(7)8;1-4(6)3-5(2)7;;/h1-6,8-11H;3*1-6,11H;3,6H,1-2H3;;/q-1;;;;;+3;/p-3. The maximum atomic E-state index is 10.0. The number of fused-ring (bicyclic) bond motifs is 4. The van der Waals surface area contributed by atoms with E-state index in [2.05, 4.69) is 38.1 Å². The van der Waals surface area contributed by atoms with Crippen LogP contribution in [0.15, 0.2) is 182 Å². The smallest absolute Gasteiger partial charge is 0.576 e. The molecule has 0 fully saturated rings. The summed E-state index contributed by atoms with van der Waals surface area (Å²) in [7, 11) is 0. The molecule has 11 heteroatoms. The average molecular weight is 956 g/mol. The number of benzene rings is 5. The van der Waals surface area contributed by atoms with E-state index in [0.717, 1.165) is 49.5 Å². The first-order valence-electron chi connectivity index (χ1n) is 18.1. The van der Waals surface area contributed by atoms with Gasteiger partial charge >= 0.3 is 15.1 Å². The number of hydrogen-bond acceptors (Lipinski definition) is 9. The van der Waals surface area contributed by atoms with Crippen LogP contribution >= 0.6 is 0 Å². The van der Waals surface area contributed by atoms with E-state index in [1.54, 1.807) is 18.6 Å². The molecule has 0 atom stereocenters. The zero-order valence-corrected chi connectivity index (χ0v) is 35.1. The van der Waals surface area contributed by atoms with Crippen molar-refractivity contribution < 1.29 is 41.4 Å². The Bertz CT molecular complexity index is 2610. The molecule has 0 aliphatic rings. The topological polar surface area (TPSA) is 117 Å². The molecule has 0 unspecified atom stereocenters. The van der Waals surface area contributed by atoms with Gasteiger partial charge in [0, 0.05) is 60.9 Å². The van der Waals surface area contributed by atoms with Crippen LogP contribution in [-0.2, 0) is 24.9 Å². The van der Waals surface area contributed by atoms with Crippen LogP contribution in [0.2, 0.25) is 0 Å². The molecule has 9 aromatic rings. The van der Waals surface area contributed by atoms with E-state index < -0.39 is 15.1 Å². The number of para-hydroxylation sites is 4. The summed E-state index contributed by atoms with van der Waals surface area (Å²) in [5.41, 5.74) is 5.29. The third-order valence-electron chi connectivity index (χ3n) is 8.45.